The van der Waals surface area contributed by atoms with Gasteiger partial charge in [-0.1, -0.05) is 13.8 Å². The van der Waals surface area contributed by atoms with Crippen LogP contribution in [0.4, 0.5) is 9.52 Å². The molecule has 3 N–H and O–H groups in total. The van der Waals surface area contributed by atoms with Crippen LogP contribution in [-0.2, 0) is 16.1 Å². The molecule has 8 nitrogen and oxygen atoms in total. The van der Waals surface area contributed by atoms with Gasteiger partial charge in [0.15, 0.2) is 10.9 Å². The summed E-state index contributed by atoms with van der Waals surface area (Å²) in [6.45, 7) is 5.31. The van der Waals surface area contributed by atoms with Crippen molar-refractivity contribution in [1.29, 1.82) is 0 Å². The molecule has 0 spiro atoms. The third-order valence-corrected chi connectivity index (χ3v) is 5.26. The summed E-state index contributed by atoms with van der Waals surface area (Å²) in [6, 6.07) is 7.75. The third-order valence-electron chi connectivity index (χ3n) is 4.50. The van der Waals surface area contributed by atoms with Gasteiger partial charge in [0.2, 0.25) is 11.8 Å². The minimum absolute atomic E-state index is 0.159. The number of carbonyl (C=O) groups is 3. The highest BCUT2D eigenvalue weighted by Gasteiger charge is 2.25. The van der Waals surface area contributed by atoms with Crippen molar-refractivity contribution in [2.45, 2.75) is 33.4 Å². The maximum absolute atomic E-state index is 13.1. The molecule has 0 unspecified atom stereocenters. The van der Waals surface area contributed by atoms with E-state index in [1.54, 1.807) is 17.5 Å². The second-order valence-electron chi connectivity index (χ2n) is 7.40. The molecule has 0 fully saturated rings. The number of furan rings is 1. The number of halogens is 1. The molecule has 0 saturated carbocycles. The first kappa shape index (κ1) is 23.1. The summed E-state index contributed by atoms with van der Waals surface area (Å²) in [5.41, 5.74) is 0.796. The number of hydrogen-bond donors (Lipinski definition) is 3. The molecule has 3 rings (SSSR count). The van der Waals surface area contributed by atoms with Gasteiger partial charge in [-0.2, -0.15) is 0 Å². The minimum atomic E-state index is -0.812. The molecule has 0 aliphatic rings. The lowest BCUT2D eigenvalue weighted by Gasteiger charge is -2.21. The number of carbonyl (C=O) groups excluding carboxylic acids is 3. The minimum Gasteiger partial charge on any atom is -0.458 e. The van der Waals surface area contributed by atoms with Crippen LogP contribution in [0.5, 0.6) is 0 Å². The average molecular weight is 459 g/mol. The monoisotopic (exact) mass is 458 g/mol. The van der Waals surface area contributed by atoms with Gasteiger partial charge in [-0.15, -0.1) is 11.3 Å². The molecular weight excluding hydrogens is 435 g/mol. The number of thiazole rings is 1. The summed E-state index contributed by atoms with van der Waals surface area (Å²) in [6.07, 6.45) is 0. The van der Waals surface area contributed by atoms with Crippen LogP contribution >= 0.6 is 11.3 Å². The van der Waals surface area contributed by atoms with Crippen molar-refractivity contribution in [3.63, 3.8) is 0 Å². The maximum atomic E-state index is 13.1. The van der Waals surface area contributed by atoms with Crippen molar-refractivity contribution in [2.75, 3.05) is 5.32 Å². The van der Waals surface area contributed by atoms with Crippen molar-refractivity contribution in [1.82, 2.24) is 15.6 Å². The van der Waals surface area contributed by atoms with Gasteiger partial charge < -0.3 is 20.4 Å². The van der Waals surface area contributed by atoms with Crippen molar-refractivity contribution in [3.05, 3.63) is 58.9 Å². The fourth-order valence-corrected chi connectivity index (χ4v) is 3.51. The van der Waals surface area contributed by atoms with Crippen LogP contribution in [0.1, 0.15) is 36.9 Å². The Balaban J connectivity index is 1.64. The molecule has 1 atom stereocenters. The lowest BCUT2D eigenvalue weighted by atomic mass is 10.0. The van der Waals surface area contributed by atoms with Crippen LogP contribution < -0.4 is 16.0 Å². The van der Waals surface area contributed by atoms with Gasteiger partial charge in [0, 0.05) is 17.9 Å². The number of nitrogens with zero attached hydrogens (tertiary/aromatic N) is 1. The Labute approximate surface area is 188 Å². The fraction of sp³-hybridized carbons (Fsp3) is 0.273. The highest BCUT2D eigenvalue weighted by Crippen LogP contribution is 2.27. The first-order valence-electron chi connectivity index (χ1n) is 9.89. The van der Waals surface area contributed by atoms with Gasteiger partial charge in [0.25, 0.3) is 5.91 Å². The van der Waals surface area contributed by atoms with E-state index in [0.717, 1.165) is 0 Å². The van der Waals surface area contributed by atoms with Crippen LogP contribution in [0.2, 0.25) is 0 Å². The zero-order valence-corrected chi connectivity index (χ0v) is 18.6. The van der Waals surface area contributed by atoms with E-state index in [1.165, 1.54) is 42.5 Å². The van der Waals surface area contributed by atoms with Crippen LogP contribution in [0.3, 0.4) is 0 Å². The predicted molar refractivity (Wildman–Crippen MR) is 118 cm³/mol. The van der Waals surface area contributed by atoms with E-state index in [2.05, 4.69) is 20.9 Å². The molecule has 1 aromatic carbocycles. The standard InChI is InChI=1S/C22H23FN4O4S/c1-12(2)19(26-20(29)14-4-6-15(23)7-5-14)21(30)27-22-25-17(11-32-22)18-9-8-16(31-18)10-24-13(3)28/h4-9,11-12,19H,10H2,1-3H3,(H,24,28)(H,26,29)(H,25,27,30)/t19-/m0/s1. The average Bonchev–Trinajstić information content (AvgIpc) is 3.40. The quantitative estimate of drug-likeness (QED) is 0.478. The van der Waals surface area contributed by atoms with E-state index in [9.17, 15) is 18.8 Å². The summed E-state index contributed by atoms with van der Waals surface area (Å²) >= 11 is 1.22. The van der Waals surface area contributed by atoms with Gasteiger partial charge in [-0.3, -0.25) is 14.4 Å². The molecule has 3 aromatic rings. The van der Waals surface area contributed by atoms with E-state index in [1.807, 2.05) is 13.8 Å². The van der Waals surface area contributed by atoms with Crippen molar-refractivity contribution in [3.8, 4) is 11.5 Å². The smallest absolute Gasteiger partial charge is 0.251 e. The zero-order chi connectivity index (χ0) is 23.3. The molecule has 2 heterocycles. The van der Waals surface area contributed by atoms with E-state index in [4.69, 9.17) is 4.42 Å². The molecule has 3 amide bonds. The Morgan fingerprint density at radius 2 is 1.84 bits per heavy atom. The van der Waals surface area contributed by atoms with Crippen molar-refractivity contribution < 1.29 is 23.2 Å². The summed E-state index contributed by atoms with van der Waals surface area (Å²) in [5, 5.41) is 10.1. The second-order valence-corrected chi connectivity index (χ2v) is 8.26. The first-order valence-corrected chi connectivity index (χ1v) is 10.8. The summed E-state index contributed by atoms with van der Waals surface area (Å²) in [4.78, 5) is 40.6. The molecule has 32 heavy (non-hydrogen) atoms. The lowest BCUT2D eigenvalue weighted by Crippen LogP contribution is -2.47. The number of amides is 3. The van der Waals surface area contributed by atoms with Crippen molar-refractivity contribution in [2.24, 2.45) is 5.92 Å². The number of nitrogens with one attached hydrogen (secondary N) is 3. The number of benzene rings is 1. The largest absolute Gasteiger partial charge is 0.458 e. The number of aromatic nitrogens is 1. The van der Waals surface area contributed by atoms with E-state index in [0.29, 0.717) is 22.3 Å². The highest BCUT2D eigenvalue weighted by molar-refractivity contribution is 7.14. The Morgan fingerprint density at radius 3 is 2.50 bits per heavy atom. The van der Waals surface area contributed by atoms with Gasteiger partial charge in [0.1, 0.15) is 23.3 Å². The third kappa shape index (κ3) is 6.01. The second kappa shape index (κ2) is 10.2. The van der Waals surface area contributed by atoms with E-state index in [-0.39, 0.29) is 23.9 Å². The normalized spacial score (nSPS) is 11.8. The zero-order valence-electron chi connectivity index (χ0n) is 17.8. The van der Waals surface area contributed by atoms with Gasteiger partial charge >= 0.3 is 0 Å². The Hall–Kier alpha value is -3.53. The molecule has 0 saturated heterocycles. The number of hydrogen-bond acceptors (Lipinski definition) is 6. The molecule has 168 valence electrons. The van der Waals surface area contributed by atoms with Crippen molar-refractivity contribution >= 4 is 34.2 Å². The molecule has 2 aromatic heterocycles. The van der Waals surface area contributed by atoms with Gasteiger partial charge in [-0.25, -0.2) is 9.37 Å². The summed E-state index contributed by atoms with van der Waals surface area (Å²) in [5.74, 6) is -0.599. The summed E-state index contributed by atoms with van der Waals surface area (Å²) in [7, 11) is 0. The van der Waals surface area contributed by atoms with E-state index < -0.39 is 23.7 Å². The Kier molecular flexibility index (Phi) is 7.37. The number of anilines is 1. The summed E-state index contributed by atoms with van der Waals surface area (Å²) < 4.78 is 18.7. The maximum Gasteiger partial charge on any atom is 0.251 e. The lowest BCUT2D eigenvalue weighted by molar-refractivity contribution is -0.119. The number of rotatable bonds is 8. The van der Waals surface area contributed by atoms with Gasteiger partial charge in [-0.05, 0) is 42.3 Å². The Bertz CT molecular complexity index is 1110. The SMILES string of the molecule is CC(=O)NCc1ccc(-c2csc(NC(=O)[C@@H](NC(=O)c3ccc(F)cc3)C(C)C)n2)o1. The first-order chi connectivity index (χ1) is 15.2. The molecule has 0 bridgehead atoms. The molecule has 0 aliphatic heterocycles. The Morgan fingerprint density at radius 1 is 1.12 bits per heavy atom. The molecule has 10 heteroatoms. The van der Waals surface area contributed by atoms with Gasteiger partial charge in [0.05, 0.1) is 6.54 Å². The molecule has 0 radical (unpaired) electrons. The molecule has 0 aliphatic carbocycles. The predicted octanol–water partition coefficient (Wildman–Crippen LogP) is 3.57. The molecular formula is C22H23FN4O4S. The van der Waals surface area contributed by atoms with Crippen LogP contribution in [0, 0.1) is 11.7 Å². The topological polar surface area (TPSA) is 113 Å². The van der Waals surface area contributed by atoms with Crippen LogP contribution in [0.15, 0.2) is 46.2 Å². The highest BCUT2D eigenvalue weighted by atomic mass is 32.1. The fourth-order valence-electron chi connectivity index (χ4n) is 2.81. The van der Waals surface area contributed by atoms with Crippen LogP contribution in [0.25, 0.3) is 11.5 Å². The van der Waals surface area contributed by atoms with Crippen LogP contribution in [-0.4, -0.2) is 28.7 Å². The van der Waals surface area contributed by atoms with E-state index >= 15 is 0 Å².